The number of benzene rings is 2. The average molecular weight is 461 g/mol. The number of halogens is 1. The van der Waals surface area contributed by atoms with Gasteiger partial charge in [0.25, 0.3) is 0 Å². The van der Waals surface area contributed by atoms with Gasteiger partial charge in [-0.15, -0.1) is 0 Å². The molecule has 6 heteroatoms. The largest absolute Gasteiger partial charge is 0.352 e. The molecule has 1 heterocycles. The molecular weight excluding hydrogens is 427 g/mol. The van der Waals surface area contributed by atoms with Gasteiger partial charge in [-0.3, -0.25) is 15.1 Å². The third-order valence-corrected chi connectivity index (χ3v) is 5.92. The summed E-state index contributed by atoms with van der Waals surface area (Å²) in [6, 6.07) is 10.8. The van der Waals surface area contributed by atoms with Gasteiger partial charge in [-0.1, -0.05) is 36.9 Å². The van der Waals surface area contributed by atoms with Gasteiger partial charge < -0.3 is 10.2 Å². The number of rotatable bonds is 7. The second-order valence-corrected chi connectivity index (χ2v) is 8.69. The first-order chi connectivity index (χ1) is 16.3. The van der Waals surface area contributed by atoms with Crippen LogP contribution in [0.3, 0.4) is 0 Å². The van der Waals surface area contributed by atoms with Gasteiger partial charge in [0.05, 0.1) is 0 Å². The molecule has 178 valence electrons. The van der Waals surface area contributed by atoms with Gasteiger partial charge >= 0.3 is 0 Å². The monoisotopic (exact) mass is 460 g/mol. The summed E-state index contributed by atoms with van der Waals surface area (Å²) >= 11 is 0. The van der Waals surface area contributed by atoms with Gasteiger partial charge in [-0.25, -0.2) is 4.39 Å². The average Bonchev–Trinajstić information content (AvgIpc) is 2.79. The molecule has 1 atom stereocenters. The fraction of sp³-hybridized carbons (Fsp3) is 0.286. The zero-order chi connectivity index (χ0) is 24.7. The van der Waals surface area contributed by atoms with Gasteiger partial charge in [0.1, 0.15) is 11.7 Å². The Hall–Kier alpha value is -3.51. The van der Waals surface area contributed by atoms with E-state index in [1.165, 1.54) is 19.1 Å². The molecule has 2 N–H and O–H groups in total. The second kappa shape index (κ2) is 11.6. The Kier molecular flexibility index (Phi) is 8.55. The number of anilines is 1. The lowest BCUT2D eigenvalue weighted by molar-refractivity contribution is -0.114. The van der Waals surface area contributed by atoms with Crippen molar-refractivity contribution in [2.45, 2.75) is 33.4 Å². The minimum atomic E-state index is -0.221. The van der Waals surface area contributed by atoms with E-state index < -0.39 is 0 Å². The highest BCUT2D eigenvalue weighted by Crippen LogP contribution is 2.24. The van der Waals surface area contributed by atoms with Crippen LogP contribution in [-0.2, 0) is 11.3 Å². The second-order valence-electron chi connectivity index (χ2n) is 8.69. The molecule has 1 fully saturated rings. The minimum absolute atomic E-state index is 0.135. The number of piperazine rings is 1. The van der Waals surface area contributed by atoms with E-state index in [9.17, 15) is 9.18 Å². The Morgan fingerprint density at radius 2 is 1.94 bits per heavy atom. The number of amides is 1. The molecule has 5 nitrogen and oxygen atoms in total. The fourth-order valence-electron chi connectivity index (χ4n) is 4.18. The molecule has 0 saturated carbocycles. The van der Waals surface area contributed by atoms with Crippen molar-refractivity contribution in [1.29, 1.82) is 5.41 Å². The zero-order valence-corrected chi connectivity index (χ0v) is 20.1. The summed E-state index contributed by atoms with van der Waals surface area (Å²) in [5.41, 5.74) is 4.73. The van der Waals surface area contributed by atoms with Crippen molar-refractivity contribution < 1.29 is 9.18 Å². The van der Waals surface area contributed by atoms with E-state index in [4.69, 9.17) is 5.41 Å². The summed E-state index contributed by atoms with van der Waals surface area (Å²) in [4.78, 5) is 16.1. The first kappa shape index (κ1) is 25.1. The van der Waals surface area contributed by atoms with E-state index in [0.29, 0.717) is 5.84 Å². The highest BCUT2D eigenvalue weighted by atomic mass is 19.1. The van der Waals surface area contributed by atoms with Crippen LogP contribution in [0.4, 0.5) is 10.1 Å². The van der Waals surface area contributed by atoms with E-state index in [2.05, 4.69) is 28.6 Å². The van der Waals surface area contributed by atoms with E-state index in [0.717, 1.165) is 54.1 Å². The molecule has 1 aliphatic heterocycles. The minimum Gasteiger partial charge on any atom is -0.352 e. The SMILES string of the molecule is C=C/C=C\c1cc(/C=C/C(=N)N2CCN(Cc3ccc(F)cc3)C[C@H]2C)c(NC(C)=O)cc1C. The van der Waals surface area contributed by atoms with Crippen LogP contribution in [0, 0.1) is 18.2 Å². The van der Waals surface area contributed by atoms with Gasteiger partial charge in [-0.05, 0) is 72.5 Å². The Morgan fingerprint density at radius 3 is 2.59 bits per heavy atom. The van der Waals surface area contributed by atoms with Gasteiger partial charge in [-0.2, -0.15) is 0 Å². The van der Waals surface area contributed by atoms with Crippen LogP contribution >= 0.6 is 0 Å². The van der Waals surface area contributed by atoms with Crippen molar-refractivity contribution in [3.8, 4) is 0 Å². The Morgan fingerprint density at radius 1 is 1.21 bits per heavy atom. The lowest BCUT2D eigenvalue weighted by Gasteiger charge is -2.40. The van der Waals surface area contributed by atoms with Crippen LogP contribution < -0.4 is 5.32 Å². The van der Waals surface area contributed by atoms with Crippen molar-refractivity contribution in [2.24, 2.45) is 0 Å². The first-order valence-electron chi connectivity index (χ1n) is 11.5. The molecule has 1 saturated heterocycles. The molecule has 0 bridgehead atoms. The normalized spacial score (nSPS) is 16.8. The molecule has 0 spiro atoms. The molecule has 2 aromatic carbocycles. The Balaban J connectivity index is 1.70. The summed E-state index contributed by atoms with van der Waals surface area (Å²) in [6.45, 7) is 12.5. The standard InChI is InChI=1S/C28H33FN4O/c1-5-6-7-24-17-25(27(16-20(24)2)31-22(4)34)10-13-28(30)33-15-14-32(18-21(33)3)19-23-8-11-26(29)12-9-23/h5-13,16-17,21,30H,1,14-15,18-19H2,2-4H3,(H,31,34)/b7-6-,13-10+,30-28?/t21-/m1/s1. The lowest BCUT2D eigenvalue weighted by atomic mass is 10.0. The molecule has 0 aliphatic carbocycles. The summed E-state index contributed by atoms with van der Waals surface area (Å²) in [5, 5.41) is 11.5. The van der Waals surface area contributed by atoms with Crippen molar-refractivity contribution in [2.75, 3.05) is 25.0 Å². The molecule has 1 amide bonds. The number of carbonyl (C=O) groups excluding carboxylic acids is 1. The first-order valence-corrected chi connectivity index (χ1v) is 11.5. The van der Waals surface area contributed by atoms with E-state index in [-0.39, 0.29) is 17.8 Å². The van der Waals surface area contributed by atoms with Gasteiger partial charge in [0.15, 0.2) is 0 Å². The maximum absolute atomic E-state index is 13.2. The molecule has 34 heavy (non-hydrogen) atoms. The smallest absolute Gasteiger partial charge is 0.221 e. The molecule has 0 unspecified atom stereocenters. The van der Waals surface area contributed by atoms with E-state index in [1.54, 1.807) is 12.2 Å². The summed E-state index contributed by atoms with van der Waals surface area (Å²) in [7, 11) is 0. The maximum atomic E-state index is 13.2. The Bertz CT molecular complexity index is 1100. The van der Waals surface area contributed by atoms with Crippen molar-refractivity contribution in [3.63, 3.8) is 0 Å². The molecular formula is C28H33FN4O. The maximum Gasteiger partial charge on any atom is 0.221 e. The predicted molar refractivity (Wildman–Crippen MR) is 139 cm³/mol. The van der Waals surface area contributed by atoms with Crippen LogP contribution in [0.15, 0.2) is 61.2 Å². The van der Waals surface area contributed by atoms with Crippen LogP contribution in [0.25, 0.3) is 12.2 Å². The zero-order valence-electron chi connectivity index (χ0n) is 20.1. The predicted octanol–water partition coefficient (Wildman–Crippen LogP) is 5.49. The number of hydrogen-bond acceptors (Lipinski definition) is 3. The topological polar surface area (TPSA) is 59.4 Å². The molecule has 1 aliphatic rings. The van der Waals surface area contributed by atoms with Gasteiger partial charge in [0, 0.05) is 44.8 Å². The van der Waals surface area contributed by atoms with Crippen molar-refractivity contribution >= 4 is 29.6 Å². The number of amidine groups is 1. The van der Waals surface area contributed by atoms with Gasteiger partial charge in [0.2, 0.25) is 5.91 Å². The summed E-state index contributed by atoms with van der Waals surface area (Å²) in [6.07, 6.45) is 9.26. The van der Waals surface area contributed by atoms with Crippen LogP contribution in [0.5, 0.6) is 0 Å². The third kappa shape index (κ3) is 6.75. The van der Waals surface area contributed by atoms with E-state index >= 15 is 0 Å². The highest BCUT2D eigenvalue weighted by Gasteiger charge is 2.24. The molecule has 0 radical (unpaired) electrons. The molecule has 2 aromatic rings. The summed E-state index contributed by atoms with van der Waals surface area (Å²) in [5.74, 6) is 0.0807. The number of nitrogens with one attached hydrogen (secondary N) is 2. The summed E-state index contributed by atoms with van der Waals surface area (Å²) < 4.78 is 13.2. The quantitative estimate of drug-likeness (QED) is 0.326. The van der Waals surface area contributed by atoms with Crippen molar-refractivity contribution in [3.05, 3.63) is 89.3 Å². The van der Waals surface area contributed by atoms with Crippen LogP contribution in [0.2, 0.25) is 0 Å². The van der Waals surface area contributed by atoms with Crippen LogP contribution in [-0.4, -0.2) is 47.2 Å². The number of carbonyl (C=O) groups is 1. The lowest BCUT2D eigenvalue weighted by Crippen LogP contribution is -2.53. The highest BCUT2D eigenvalue weighted by molar-refractivity contribution is 5.97. The van der Waals surface area contributed by atoms with Crippen molar-refractivity contribution in [1.82, 2.24) is 9.80 Å². The van der Waals surface area contributed by atoms with Crippen LogP contribution in [0.1, 0.15) is 36.1 Å². The molecule has 0 aromatic heterocycles. The number of nitrogens with zero attached hydrogens (tertiary/aromatic N) is 2. The van der Waals surface area contributed by atoms with E-state index in [1.807, 2.05) is 49.4 Å². The number of hydrogen-bond donors (Lipinski definition) is 2. The third-order valence-electron chi connectivity index (χ3n) is 5.92. The number of aryl methyl sites for hydroxylation is 1. The fourth-order valence-corrected chi connectivity index (χ4v) is 4.18. The molecule has 3 rings (SSSR count). The Labute approximate surface area is 201 Å². The number of allylic oxidation sites excluding steroid dienone is 2.